The fourth-order valence-corrected chi connectivity index (χ4v) is 4.80. The van der Waals surface area contributed by atoms with Crippen LogP contribution in [0.5, 0.6) is 0 Å². The lowest BCUT2D eigenvalue weighted by atomic mass is 10.3. The molecule has 0 bridgehead atoms. The van der Waals surface area contributed by atoms with E-state index in [4.69, 9.17) is 4.74 Å². The summed E-state index contributed by atoms with van der Waals surface area (Å²) in [4.78, 5) is 12.6. The van der Waals surface area contributed by atoms with Crippen molar-refractivity contribution in [3.8, 4) is 0 Å². The van der Waals surface area contributed by atoms with E-state index in [9.17, 15) is 13.2 Å². The second-order valence-corrected chi connectivity index (χ2v) is 8.58. The molecule has 1 saturated heterocycles. The van der Waals surface area contributed by atoms with Crippen LogP contribution in [0.15, 0.2) is 11.4 Å². The van der Waals surface area contributed by atoms with Crippen molar-refractivity contribution in [1.29, 1.82) is 0 Å². The van der Waals surface area contributed by atoms with Gasteiger partial charge in [-0.05, 0) is 37.8 Å². The van der Waals surface area contributed by atoms with Crippen LogP contribution in [-0.2, 0) is 14.8 Å². The second-order valence-electron chi connectivity index (χ2n) is 5.58. The van der Waals surface area contributed by atoms with E-state index in [0.29, 0.717) is 18.0 Å². The molecular weight excluding hydrogens is 324 g/mol. The first-order chi connectivity index (χ1) is 10.3. The Morgan fingerprint density at radius 3 is 2.59 bits per heavy atom. The number of amides is 1. The van der Waals surface area contributed by atoms with Crippen molar-refractivity contribution >= 4 is 27.3 Å². The minimum Gasteiger partial charge on any atom is -0.373 e. The van der Waals surface area contributed by atoms with Gasteiger partial charge in [0.15, 0.2) is 0 Å². The van der Waals surface area contributed by atoms with Gasteiger partial charge < -0.3 is 10.1 Å². The van der Waals surface area contributed by atoms with Crippen LogP contribution in [0, 0.1) is 6.92 Å². The molecule has 1 aromatic rings. The number of morpholine rings is 1. The van der Waals surface area contributed by atoms with Crippen molar-refractivity contribution in [3.05, 3.63) is 21.9 Å². The lowest BCUT2D eigenvalue weighted by Gasteiger charge is -2.34. The van der Waals surface area contributed by atoms with Gasteiger partial charge in [0, 0.05) is 19.6 Å². The van der Waals surface area contributed by atoms with E-state index in [2.05, 4.69) is 5.32 Å². The van der Waals surface area contributed by atoms with Crippen LogP contribution in [0.25, 0.3) is 0 Å². The topological polar surface area (TPSA) is 75.7 Å². The zero-order valence-electron chi connectivity index (χ0n) is 13.0. The van der Waals surface area contributed by atoms with Gasteiger partial charge in [0.05, 0.1) is 22.8 Å². The summed E-state index contributed by atoms with van der Waals surface area (Å²) < 4.78 is 31.7. The third-order valence-corrected chi connectivity index (χ3v) is 6.31. The molecule has 1 aromatic heterocycles. The van der Waals surface area contributed by atoms with Crippen LogP contribution in [0.3, 0.4) is 0 Å². The highest BCUT2D eigenvalue weighted by molar-refractivity contribution is 7.89. The number of ether oxygens (including phenoxy) is 1. The minimum atomic E-state index is -3.38. The van der Waals surface area contributed by atoms with Crippen molar-refractivity contribution < 1.29 is 17.9 Å². The summed E-state index contributed by atoms with van der Waals surface area (Å²) in [6.07, 6.45) is -0.219. The number of hydrogen-bond acceptors (Lipinski definition) is 5. The molecule has 124 valence electrons. The number of rotatable bonds is 5. The molecule has 8 heteroatoms. The van der Waals surface area contributed by atoms with Gasteiger partial charge in [0.25, 0.3) is 5.91 Å². The summed E-state index contributed by atoms with van der Waals surface area (Å²) in [6.45, 7) is 6.42. The van der Waals surface area contributed by atoms with Crippen molar-refractivity contribution in [2.75, 3.05) is 25.4 Å². The maximum atomic E-state index is 12.3. The first-order valence-corrected chi connectivity index (χ1v) is 9.74. The van der Waals surface area contributed by atoms with E-state index in [1.54, 1.807) is 0 Å². The van der Waals surface area contributed by atoms with Crippen LogP contribution in [0.4, 0.5) is 0 Å². The minimum absolute atomic E-state index is 0.0946. The normalized spacial score (nSPS) is 23.4. The number of sulfonamides is 1. The number of aryl methyl sites for hydroxylation is 1. The second kappa shape index (κ2) is 7.08. The summed E-state index contributed by atoms with van der Waals surface area (Å²) in [5, 5.41) is 4.52. The van der Waals surface area contributed by atoms with Gasteiger partial charge in [-0.2, -0.15) is 4.31 Å². The first-order valence-electron chi connectivity index (χ1n) is 7.25. The SMILES string of the molecule is Cc1ccsc1C(=O)NCCS(=O)(=O)N1CC(C)OC(C)C1. The standard InChI is InChI=1S/C14H22N2O4S2/c1-10-4-6-21-13(10)14(17)15-5-7-22(18,19)16-8-11(2)20-12(3)9-16/h4,6,11-12H,5,7-9H2,1-3H3,(H,15,17). The van der Waals surface area contributed by atoms with E-state index in [0.717, 1.165) is 5.56 Å². The number of carbonyl (C=O) groups is 1. The molecule has 1 aliphatic rings. The third kappa shape index (κ3) is 4.28. The van der Waals surface area contributed by atoms with E-state index in [-0.39, 0.29) is 30.4 Å². The van der Waals surface area contributed by atoms with E-state index < -0.39 is 10.0 Å². The average molecular weight is 346 g/mol. The maximum absolute atomic E-state index is 12.3. The summed E-state index contributed by atoms with van der Waals surface area (Å²) in [5.74, 6) is -0.311. The predicted octanol–water partition coefficient (Wildman–Crippen LogP) is 1.23. The van der Waals surface area contributed by atoms with Crippen LogP contribution in [0.2, 0.25) is 0 Å². The fourth-order valence-electron chi connectivity index (χ4n) is 2.47. The Morgan fingerprint density at radius 2 is 2.05 bits per heavy atom. The zero-order chi connectivity index (χ0) is 16.3. The Bertz CT molecular complexity index is 617. The number of thiophene rings is 1. The number of nitrogens with one attached hydrogen (secondary N) is 1. The molecule has 0 aromatic carbocycles. The first kappa shape index (κ1) is 17.4. The largest absolute Gasteiger partial charge is 0.373 e. The Kier molecular flexibility index (Phi) is 5.60. The fraction of sp³-hybridized carbons (Fsp3) is 0.643. The lowest BCUT2D eigenvalue weighted by molar-refractivity contribution is -0.0440. The zero-order valence-corrected chi connectivity index (χ0v) is 14.7. The smallest absolute Gasteiger partial charge is 0.261 e. The Morgan fingerprint density at radius 1 is 1.41 bits per heavy atom. The molecule has 0 radical (unpaired) electrons. The summed E-state index contributed by atoms with van der Waals surface area (Å²) in [5.41, 5.74) is 0.904. The van der Waals surface area contributed by atoms with Crippen molar-refractivity contribution in [2.45, 2.75) is 33.0 Å². The monoisotopic (exact) mass is 346 g/mol. The summed E-state index contributed by atoms with van der Waals surface area (Å²) >= 11 is 1.36. The molecule has 1 N–H and O–H groups in total. The van der Waals surface area contributed by atoms with Gasteiger partial charge in [-0.25, -0.2) is 8.42 Å². The van der Waals surface area contributed by atoms with Gasteiger partial charge in [-0.1, -0.05) is 0 Å². The maximum Gasteiger partial charge on any atom is 0.261 e. The molecule has 2 unspecified atom stereocenters. The molecule has 0 saturated carbocycles. The van der Waals surface area contributed by atoms with Crippen molar-refractivity contribution in [3.63, 3.8) is 0 Å². The van der Waals surface area contributed by atoms with Gasteiger partial charge in [0.2, 0.25) is 10.0 Å². The van der Waals surface area contributed by atoms with Crippen LogP contribution < -0.4 is 5.32 Å². The predicted molar refractivity (Wildman–Crippen MR) is 86.8 cm³/mol. The van der Waals surface area contributed by atoms with E-state index in [1.165, 1.54) is 15.6 Å². The Hall–Kier alpha value is -0.960. The number of hydrogen-bond donors (Lipinski definition) is 1. The molecule has 2 atom stereocenters. The third-order valence-electron chi connectivity index (χ3n) is 3.49. The molecule has 0 aliphatic carbocycles. The molecule has 0 spiro atoms. The van der Waals surface area contributed by atoms with Crippen LogP contribution in [0.1, 0.15) is 29.1 Å². The highest BCUT2D eigenvalue weighted by Gasteiger charge is 2.30. The molecular formula is C14H22N2O4S2. The highest BCUT2D eigenvalue weighted by atomic mass is 32.2. The molecule has 1 aliphatic heterocycles. The molecule has 6 nitrogen and oxygen atoms in total. The van der Waals surface area contributed by atoms with Gasteiger partial charge in [-0.3, -0.25) is 4.79 Å². The van der Waals surface area contributed by atoms with Crippen molar-refractivity contribution in [1.82, 2.24) is 9.62 Å². The molecule has 1 fully saturated rings. The molecule has 2 rings (SSSR count). The molecule has 22 heavy (non-hydrogen) atoms. The van der Waals surface area contributed by atoms with Crippen LogP contribution >= 0.6 is 11.3 Å². The lowest BCUT2D eigenvalue weighted by Crippen LogP contribution is -2.49. The van der Waals surface area contributed by atoms with E-state index in [1.807, 2.05) is 32.2 Å². The van der Waals surface area contributed by atoms with Crippen LogP contribution in [-0.4, -0.2) is 56.2 Å². The van der Waals surface area contributed by atoms with E-state index >= 15 is 0 Å². The Balaban J connectivity index is 1.87. The average Bonchev–Trinajstić information content (AvgIpc) is 2.83. The van der Waals surface area contributed by atoms with Gasteiger partial charge >= 0.3 is 0 Å². The molecule has 1 amide bonds. The summed E-state index contributed by atoms with van der Waals surface area (Å²) in [6, 6.07) is 1.87. The highest BCUT2D eigenvalue weighted by Crippen LogP contribution is 2.16. The van der Waals surface area contributed by atoms with Gasteiger partial charge in [0.1, 0.15) is 0 Å². The number of carbonyl (C=O) groups excluding carboxylic acids is 1. The number of nitrogens with zero attached hydrogens (tertiary/aromatic N) is 1. The Labute approximate surface area is 135 Å². The van der Waals surface area contributed by atoms with Crippen molar-refractivity contribution in [2.24, 2.45) is 0 Å². The van der Waals surface area contributed by atoms with Gasteiger partial charge in [-0.15, -0.1) is 11.3 Å². The summed E-state index contributed by atoms with van der Waals surface area (Å²) in [7, 11) is -3.38. The molecule has 2 heterocycles. The quantitative estimate of drug-likeness (QED) is 0.870.